The fourth-order valence-electron chi connectivity index (χ4n) is 8.01. The normalized spacial score (nSPS) is 28.7. The van der Waals surface area contributed by atoms with Crippen LogP contribution in [0.3, 0.4) is 0 Å². The molecule has 0 aliphatic heterocycles. The monoisotopic (exact) mass is 677 g/mol. The first kappa shape index (κ1) is 39.4. The van der Waals surface area contributed by atoms with E-state index in [-0.39, 0.29) is 27.9 Å². The average molecular weight is 677 g/mol. The number of hydrogen-bond acceptors (Lipinski definition) is 3. The number of rotatable bonds is 11. The Morgan fingerprint density at radius 2 is 1.29 bits per heavy atom. The third-order valence-electron chi connectivity index (χ3n) is 12.2. The van der Waals surface area contributed by atoms with Gasteiger partial charge in [0.1, 0.15) is 0 Å². The summed E-state index contributed by atoms with van der Waals surface area (Å²) < 4.78 is 20.6. The molecule has 4 atom stereocenters. The molecule has 3 rings (SSSR count). The highest BCUT2D eigenvalue weighted by Crippen LogP contribution is 2.54. The van der Waals surface area contributed by atoms with Crippen molar-refractivity contribution in [2.45, 2.75) is 213 Å². The average Bonchev–Trinajstić information content (AvgIpc) is 3.20. The molecule has 3 aliphatic carbocycles. The van der Waals surface area contributed by atoms with Crippen LogP contribution in [0.2, 0.25) is 55.9 Å². The molecule has 6 heteroatoms. The van der Waals surface area contributed by atoms with Crippen LogP contribution in [0.15, 0.2) is 23.3 Å². The van der Waals surface area contributed by atoms with Gasteiger partial charge in [-0.25, -0.2) is 0 Å². The van der Waals surface area contributed by atoms with Crippen molar-refractivity contribution >= 4 is 25.0 Å². The van der Waals surface area contributed by atoms with Gasteiger partial charge in [-0.15, -0.1) is 0 Å². The third-order valence-corrected chi connectivity index (χ3v) is 22.4. The zero-order valence-electron chi connectivity index (χ0n) is 32.8. The largest absolute Gasteiger partial charge is 0.414 e. The molecule has 3 fully saturated rings. The van der Waals surface area contributed by atoms with E-state index in [4.69, 9.17) is 13.3 Å². The van der Waals surface area contributed by atoms with Crippen LogP contribution in [0.25, 0.3) is 0 Å². The van der Waals surface area contributed by atoms with Crippen LogP contribution in [-0.4, -0.2) is 42.8 Å². The second-order valence-electron chi connectivity index (χ2n) is 20.3. The minimum Gasteiger partial charge on any atom is -0.414 e. The van der Waals surface area contributed by atoms with Crippen LogP contribution in [0.4, 0.5) is 0 Å². The maximum absolute atomic E-state index is 7.07. The van der Waals surface area contributed by atoms with E-state index < -0.39 is 25.0 Å². The van der Waals surface area contributed by atoms with Crippen molar-refractivity contribution in [2.75, 3.05) is 0 Å². The Bertz CT molecular complexity index is 999. The number of hydrogen-bond donors (Lipinski definition) is 0. The molecule has 0 amide bonds. The summed E-state index contributed by atoms with van der Waals surface area (Å²) in [6, 6.07) is 0. The van der Waals surface area contributed by atoms with Gasteiger partial charge < -0.3 is 13.3 Å². The van der Waals surface area contributed by atoms with Gasteiger partial charge in [-0.1, -0.05) is 77.7 Å². The fourth-order valence-corrected chi connectivity index (χ4v) is 12.5. The van der Waals surface area contributed by atoms with Gasteiger partial charge in [0.05, 0.1) is 17.8 Å². The molecule has 0 saturated heterocycles. The summed E-state index contributed by atoms with van der Waals surface area (Å²) in [5, 5.41) is 0.444. The lowest BCUT2D eigenvalue weighted by atomic mass is 9.70. The molecule has 0 radical (unpaired) electrons. The highest BCUT2D eigenvalue weighted by molar-refractivity contribution is 6.74. The van der Waals surface area contributed by atoms with Crippen LogP contribution in [0.1, 0.15) is 139 Å². The molecular weight excluding hydrogens is 601 g/mol. The van der Waals surface area contributed by atoms with Gasteiger partial charge in [-0.3, -0.25) is 0 Å². The summed E-state index contributed by atoms with van der Waals surface area (Å²) >= 11 is 0. The maximum Gasteiger partial charge on any atom is 0.192 e. The van der Waals surface area contributed by atoms with Crippen molar-refractivity contribution in [3.05, 3.63) is 23.3 Å². The molecule has 3 nitrogen and oxygen atoms in total. The second kappa shape index (κ2) is 14.5. The lowest BCUT2D eigenvalue weighted by Crippen LogP contribution is -2.48. The van der Waals surface area contributed by atoms with Crippen molar-refractivity contribution < 1.29 is 13.3 Å². The van der Waals surface area contributed by atoms with Crippen molar-refractivity contribution in [3.63, 3.8) is 0 Å². The van der Waals surface area contributed by atoms with Crippen LogP contribution in [-0.2, 0) is 13.3 Å². The van der Waals surface area contributed by atoms with Crippen LogP contribution in [0.5, 0.6) is 0 Å². The topological polar surface area (TPSA) is 27.7 Å². The predicted octanol–water partition coefficient (Wildman–Crippen LogP) is 13.0. The lowest BCUT2D eigenvalue weighted by molar-refractivity contribution is 0.0725. The Hall–Kier alpha value is 0.0106. The van der Waals surface area contributed by atoms with Gasteiger partial charge in [0.15, 0.2) is 25.0 Å². The number of allylic oxidation sites excluding steroid dienone is 3. The Labute approximate surface area is 284 Å². The summed E-state index contributed by atoms with van der Waals surface area (Å²) in [5.41, 5.74) is 3.84. The first-order valence-corrected chi connectivity index (χ1v) is 28.0. The van der Waals surface area contributed by atoms with E-state index in [9.17, 15) is 0 Å². The summed E-state index contributed by atoms with van der Waals surface area (Å²) in [6.45, 7) is 35.4. The van der Waals surface area contributed by atoms with Crippen LogP contribution < -0.4 is 0 Å². The molecule has 0 N–H and O–H groups in total. The Balaban J connectivity index is 1.67. The second-order valence-corrected chi connectivity index (χ2v) is 34.2. The molecular formula is C39H76O3Si3. The smallest absolute Gasteiger partial charge is 0.192 e. The minimum atomic E-state index is -1.85. The van der Waals surface area contributed by atoms with Gasteiger partial charge in [-0.2, -0.15) is 0 Å². The molecule has 0 aromatic heterocycles. The molecule has 0 aromatic rings. The van der Waals surface area contributed by atoms with E-state index in [0.29, 0.717) is 5.41 Å². The van der Waals surface area contributed by atoms with Gasteiger partial charge >= 0.3 is 0 Å². The zero-order chi connectivity index (χ0) is 34.1. The van der Waals surface area contributed by atoms with E-state index in [1.54, 1.807) is 11.1 Å². The molecule has 3 saturated carbocycles. The Morgan fingerprint density at radius 3 is 1.80 bits per heavy atom. The quantitative estimate of drug-likeness (QED) is 0.204. The highest BCUT2D eigenvalue weighted by atomic mass is 28.4. The van der Waals surface area contributed by atoms with Gasteiger partial charge in [0, 0.05) is 0 Å². The van der Waals surface area contributed by atoms with Crippen LogP contribution >= 0.6 is 0 Å². The summed E-state index contributed by atoms with van der Waals surface area (Å²) in [4.78, 5) is 0. The maximum atomic E-state index is 7.07. The van der Waals surface area contributed by atoms with Crippen molar-refractivity contribution in [1.29, 1.82) is 0 Å². The first-order valence-electron chi connectivity index (χ1n) is 18.7. The predicted molar refractivity (Wildman–Crippen MR) is 205 cm³/mol. The molecule has 0 heterocycles. The Morgan fingerprint density at radius 1 is 0.756 bits per heavy atom. The minimum absolute atomic E-state index is 0.0254. The van der Waals surface area contributed by atoms with Gasteiger partial charge in [0.25, 0.3) is 0 Å². The standard InChI is InChI=1S/C39H76O3Si3/c1-36(2,3)44(12,13)40-34-26-33(27-35(28-34)41-45(14,15)37(4,5)6)21-20-31-19-17-24-39(29-31)25-22-32(30-39)18-16-23-38(7,8)42-43(9,10)11/h20-21,32,34-35H,16-19,22-30H2,1-15H3/b31-20-/t32-,34-,35-,39-/m1/s1. The molecule has 0 bridgehead atoms. The molecule has 3 aliphatic rings. The SMILES string of the molecule is CC(C)(CCC[C@@H]1CC[C@@]2(CCC/C(=C/C=C3C[C@@H](O[Si](C)(C)C(C)(C)C)C[C@H](O[Si](C)(C)C(C)(C)C)C3)C2)C1)O[Si](C)(C)C. The van der Waals surface area contributed by atoms with Gasteiger partial charge in [-0.05, 0) is 152 Å². The summed E-state index contributed by atoms with van der Waals surface area (Å²) in [5.74, 6) is 0.908. The van der Waals surface area contributed by atoms with E-state index in [0.717, 1.165) is 25.2 Å². The molecule has 1 spiro atoms. The van der Waals surface area contributed by atoms with Crippen molar-refractivity contribution in [1.82, 2.24) is 0 Å². The van der Waals surface area contributed by atoms with E-state index >= 15 is 0 Å². The molecule has 0 unspecified atom stereocenters. The molecule has 0 aromatic carbocycles. The first-order chi connectivity index (χ1) is 20.3. The molecule has 262 valence electrons. The summed E-state index contributed by atoms with van der Waals surface area (Å²) in [7, 11) is -5.21. The lowest BCUT2D eigenvalue weighted by Gasteiger charge is -2.45. The van der Waals surface area contributed by atoms with Crippen LogP contribution in [0, 0.1) is 11.3 Å². The highest BCUT2D eigenvalue weighted by Gasteiger charge is 2.44. The molecule has 45 heavy (non-hydrogen) atoms. The van der Waals surface area contributed by atoms with E-state index in [1.165, 1.54) is 64.2 Å². The zero-order valence-corrected chi connectivity index (χ0v) is 35.8. The van der Waals surface area contributed by atoms with Crippen molar-refractivity contribution in [3.8, 4) is 0 Å². The third kappa shape index (κ3) is 11.8. The van der Waals surface area contributed by atoms with Crippen molar-refractivity contribution in [2.24, 2.45) is 11.3 Å². The summed E-state index contributed by atoms with van der Waals surface area (Å²) in [6.07, 6.45) is 22.4. The van der Waals surface area contributed by atoms with E-state index in [1.807, 2.05) is 0 Å². The van der Waals surface area contributed by atoms with E-state index in [2.05, 4.69) is 113 Å². The van der Waals surface area contributed by atoms with Gasteiger partial charge in [0.2, 0.25) is 0 Å². The Kier molecular flexibility index (Phi) is 12.7. The fraction of sp³-hybridized carbons (Fsp3) is 0.897.